The summed E-state index contributed by atoms with van der Waals surface area (Å²) in [4.78, 5) is 4.57. The van der Waals surface area contributed by atoms with E-state index in [1.165, 1.54) is 5.75 Å². The molecule has 2 heterocycles. The van der Waals surface area contributed by atoms with Crippen molar-refractivity contribution in [3.8, 4) is 0 Å². The third-order valence-electron chi connectivity index (χ3n) is 2.17. The molecule has 0 bridgehead atoms. The Kier molecular flexibility index (Phi) is 3.92. The molecular formula is C12H15BrN2S. The molecule has 0 saturated heterocycles. The van der Waals surface area contributed by atoms with Crippen LogP contribution in [0.1, 0.15) is 19.5 Å². The molecule has 0 fully saturated rings. The molecule has 0 unspecified atom stereocenters. The van der Waals surface area contributed by atoms with Crippen LogP contribution in [-0.2, 0) is 5.75 Å². The summed E-state index contributed by atoms with van der Waals surface area (Å²) in [6.45, 7) is 4.49. The summed E-state index contributed by atoms with van der Waals surface area (Å²) in [5.74, 6) is 2.94. The summed E-state index contributed by atoms with van der Waals surface area (Å²) in [5.41, 5.74) is 2.17. The summed E-state index contributed by atoms with van der Waals surface area (Å²) < 4.78 is 3.15. The molecule has 0 aromatic carbocycles. The Labute approximate surface area is 109 Å². The zero-order valence-corrected chi connectivity index (χ0v) is 11.9. The number of hydrogen-bond donors (Lipinski definition) is 0. The zero-order valence-electron chi connectivity index (χ0n) is 9.48. The van der Waals surface area contributed by atoms with Crippen molar-refractivity contribution in [3.05, 3.63) is 34.7 Å². The molecule has 0 aliphatic carbocycles. The van der Waals surface area contributed by atoms with Crippen molar-refractivity contribution in [2.75, 3.05) is 5.75 Å². The van der Waals surface area contributed by atoms with Gasteiger partial charge in [0.25, 0.3) is 0 Å². The van der Waals surface area contributed by atoms with Crippen molar-refractivity contribution >= 4 is 33.3 Å². The van der Waals surface area contributed by atoms with E-state index in [9.17, 15) is 0 Å². The lowest BCUT2D eigenvalue weighted by Crippen LogP contribution is -1.91. The van der Waals surface area contributed by atoms with Crippen LogP contribution in [0.15, 0.2) is 29.0 Å². The fraction of sp³-hybridized carbons (Fsp3) is 0.417. The number of imidazole rings is 1. The van der Waals surface area contributed by atoms with Crippen molar-refractivity contribution in [2.24, 2.45) is 5.92 Å². The van der Waals surface area contributed by atoms with E-state index in [2.05, 4.69) is 45.4 Å². The molecule has 0 aliphatic heterocycles. The monoisotopic (exact) mass is 298 g/mol. The summed E-state index contributed by atoms with van der Waals surface area (Å²) in [5, 5.41) is 0. The van der Waals surface area contributed by atoms with Gasteiger partial charge in [0.15, 0.2) is 0 Å². The van der Waals surface area contributed by atoms with E-state index in [4.69, 9.17) is 0 Å². The first kappa shape index (κ1) is 12.0. The van der Waals surface area contributed by atoms with Crippen LogP contribution in [0.25, 0.3) is 5.65 Å². The molecule has 0 saturated carbocycles. The molecule has 0 atom stereocenters. The highest BCUT2D eigenvalue weighted by molar-refractivity contribution is 9.10. The van der Waals surface area contributed by atoms with Gasteiger partial charge in [0, 0.05) is 22.6 Å². The lowest BCUT2D eigenvalue weighted by molar-refractivity contribution is 0.750. The highest BCUT2D eigenvalue weighted by Gasteiger charge is 2.02. The molecule has 0 amide bonds. The molecule has 2 nitrogen and oxygen atoms in total. The van der Waals surface area contributed by atoms with Crippen molar-refractivity contribution in [2.45, 2.75) is 19.6 Å². The van der Waals surface area contributed by atoms with Gasteiger partial charge in [-0.05, 0) is 39.7 Å². The predicted molar refractivity (Wildman–Crippen MR) is 73.9 cm³/mol. The summed E-state index contributed by atoms with van der Waals surface area (Å²) in [6, 6.07) is 4.05. The van der Waals surface area contributed by atoms with Gasteiger partial charge in [-0.1, -0.05) is 13.8 Å². The second-order valence-corrected chi connectivity index (χ2v) is 6.20. The van der Waals surface area contributed by atoms with Gasteiger partial charge in [-0.25, -0.2) is 4.98 Å². The normalized spacial score (nSPS) is 11.5. The van der Waals surface area contributed by atoms with Gasteiger partial charge in [-0.2, -0.15) is 11.8 Å². The first-order chi connectivity index (χ1) is 7.65. The second-order valence-electron chi connectivity index (χ2n) is 4.25. The Hall–Kier alpha value is -0.480. The highest BCUT2D eigenvalue weighted by Crippen LogP contribution is 2.17. The van der Waals surface area contributed by atoms with Crippen LogP contribution < -0.4 is 0 Å². The minimum Gasteiger partial charge on any atom is -0.306 e. The van der Waals surface area contributed by atoms with Gasteiger partial charge in [-0.15, -0.1) is 0 Å². The highest BCUT2D eigenvalue weighted by atomic mass is 79.9. The predicted octanol–water partition coefficient (Wildman–Crippen LogP) is 3.99. The molecule has 2 rings (SSSR count). The smallest absolute Gasteiger partial charge is 0.137 e. The van der Waals surface area contributed by atoms with Gasteiger partial charge in [0.2, 0.25) is 0 Å². The van der Waals surface area contributed by atoms with E-state index in [1.807, 2.05) is 30.1 Å². The number of rotatable bonds is 4. The summed E-state index contributed by atoms with van der Waals surface area (Å²) >= 11 is 5.41. The van der Waals surface area contributed by atoms with Crippen molar-refractivity contribution in [3.63, 3.8) is 0 Å². The lowest BCUT2D eigenvalue weighted by atomic mass is 10.3. The molecule has 2 aromatic heterocycles. The molecule has 86 valence electrons. The average molecular weight is 299 g/mol. The number of pyridine rings is 1. The number of fused-ring (bicyclic) bond motifs is 1. The van der Waals surface area contributed by atoms with Crippen molar-refractivity contribution in [1.29, 1.82) is 0 Å². The molecule has 0 N–H and O–H groups in total. The average Bonchev–Trinajstić information content (AvgIpc) is 2.58. The van der Waals surface area contributed by atoms with E-state index in [-0.39, 0.29) is 0 Å². The number of nitrogens with zero attached hydrogens (tertiary/aromatic N) is 2. The Balaban J connectivity index is 2.08. The number of aromatic nitrogens is 2. The van der Waals surface area contributed by atoms with E-state index in [1.54, 1.807) is 0 Å². The topological polar surface area (TPSA) is 17.3 Å². The lowest BCUT2D eigenvalue weighted by Gasteiger charge is -2.01. The first-order valence-corrected chi connectivity index (χ1v) is 7.31. The molecule has 16 heavy (non-hydrogen) atoms. The van der Waals surface area contributed by atoms with Gasteiger partial charge in [0.05, 0.1) is 5.69 Å². The van der Waals surface area contributed by atoms with E-state index < -0.39 is 0 Å². The summed E-state index contributed by atoms with van der Waals surface area (Å²) in [6.07, 6.45) is 4.15. The molecule has 0 radical (unpaired) electrons. The molecule has 4 heteroatoms. The molecule has 0 spiro atoms. The number of thioether (sulfide) groups is 1. The fourth-order valence-electron chi connectivity index (χ4n) is 1.49. The third kappa shape index (κ3) is 3.01. The van der Waals surface area contributed by atoms with Crippen LogP contribution in [0.5, 0.6) is 0 Å². The third-order valence-corrected chi connectivity index (χ3v) is 4.04. The van der Waals surface area contributed by atoms with Crippen LogP contribution in [0.4, 0.5) is 0 Å². The largest absolute Gasteiger partial charge is 0.306 e. The first-order valence-electron chi connectivity index (χ1n) is 5.36. The maximum absolute atomic E-state index is 4.57. The molecular weight excluding hydrogens is 284 g/mol. The maximum atomic E-state index is 4.57. The standard InChI is InChI=1S/C12H15BrN2S/c1-9(2)7-16-8-11-6-15-5-10(13)3-4-12(15)14-11/h3-6,9H,7-8H2,1-2H3. The van der Waals surface area contributed by atoms with Crippen LogP contribution in [-0.4, -0.2) is 15.1 Å². The molecule has 2 aromatic rings. The Morgan fingerprint density at radius 1 is 1.38 bits per heavy atom. The Morgan fingerprint density at radius 2 is 2.19 bits per heavy atom. The van der Waals surface area contributed by atoms with Gasteiger partial charge < -0.3 is 4.40 Å². The fourth-order valence-corrected chi connectivity index (χ4v) is 2.78. The zero-order chi connectivity index (χ0) is 11.5. The second kappa shape index (κ2) is 5.23. The van der Waals surface area contributed by atoms with Gasteiger partial charge in [0.1, 0.15) is 5.65 Å². The van der Waals surface area contributed by atoms with Crippen LogP contribution in [0.3, 0.4) is 0 Å². The maximum Gasteiger partial charge on any atom is 0.137 e. The molecule has 0 aliphatic rings. The van der Waals surface area contributed by atoms with Crippen LogP contribution in [0.2, 0.25) is 0 Å². The van der Waals surface area contributed by atoms with E-state index in [0.717, 1.165) is 27.5 Å². The minimum absolute atomic E-state index is 0.746. The van der Waals surface area contributed by atoms with E-state index >= 15 is 0 Å². The summed E-state index contributed by atoms with van der Waals surface area (Å²) in [7, 11) is 0. The van der Waals surface area contributed by atoms with Crippen LogP contribution >= 0.6 is 27.7 Å². The SMILES string of the molecule is CC(C)CSCc1cn2cc(Br)ccc2n1. The number of halogens is 1. The number of hydrogen-bond acceptors (Lipinski definition) is 2. The van der Waals surface area contributed by atoms with E-state index in [0.29, 0.717) is 0 Å². The quantitative estimate of drug-likeness (QED) is 0.849. The Morgan fingerprint density at radius 3 is 2.94 bits per heavy atom. The minimum atomic E-state index is 0.746. The van der Waals surface area contributed by atoms with Crippen molar-refractivity contribution in [1.82, 2.24) is 9.38 Å². The Bertz CT molecular complexity index is 479. The van der Waals surface area contributed by atoms with Crippen molar-refractivity contribution < 1.29 is 0 Å². The van der Waals surface area contributed by atoms with Gasteiger partial charge in [-0.3, -0.25) is 0 Å². The van der Waals surface area contributed by atoms with Gasteiger partial charge >= 0.3 is 0 Å². The van der Waals surface area contributed by atoms with Crippen LogP contribution in [0, 0.1) is 5.92 Å².